The van der Waals surface area contributed by atoms with E-state index in [0.717, 1.165) is 178 Å². The number of methoxy groups -OCH3 is 6. The molecule has 2 N–H and O–H groups in total. The highest BCUT2D eigenvalue weighted by atomic mass is 32.2. The SMILES string of the molecule is COC[C@@H]1[C@@H](c2ccc(-c3cc(C)ccc3OC)cc2)C2CN(S(=O)(=O)c3ccccc3C)CCCCN21.COC[C@@H]1[C@@H](c2ccc(-c3ccc(OC)cc3C)cc2)C2CN(S(=O)(=O)c3ccccc3C)CCCCN21.COc1ccc(-c2ccc([C@H]3C4CN(S(=O)(=O)c5ccccc5C)CCCCN4[C@@H]3CO)cc2)c(C)c1.COc1ccc(C)cc1-c1ccc([C@H]2C3CN(S(=O)(=O)c4ccccc4C)CCCCN3[C@@H]2CO)cc1. The molecule has 8 aliphatic heterocycles. The van der Waals surface area contributed by atoms with Gasteiger partial charge < -0.3 is 38.6 Å². The minimum absolute atomic E-state index is 0.000289. The van der Waals surface area contributed by atoms with Crippen LogP contribution in [0.15, 0.2) is 287 Å². The molecule has 796 valence electrons. The Kier molecular flexibility index (Phi) is 35.8. The van der Waals surface area contributed by atoms with Crippen molar-refractivity contribution < 1.29 is 72.3 Å². The van der Waals surface area contributed by atoms with E-state index < -0.39 is 40.1 Å². The first-order valence-corrected chi connectivity index (χ1v) is 58.6. The molecule has 20 rings (SSSR count). The summed E-state index contributed by atoms with van der Waals surface area (Å²) in [6.45, 7) is 24.8. The molecule has 0 saturated carbocycles. The first-order valence-electron chi connectivity index (χ1n) is 52.9. The molecule has 0 radical (unpaired) electrons. The van der Waals surface area contributed by atoms with Gasteiger partial charge in [0.25, 0.3) is 0 Å². The Hall–Kier alpha value is -10.8. The molecule has 0 bridgehead atoms. The summed E-state index contributed by atoms with van der Waals surface area (Å²) in [6.07, 6.45) is 7.09. The molecular formula is C122H148N8O16S4. The van der Waals surface area contributed by atoms with E-state index in [2.05, 4.69) is 181 Å². The van der Waals surface area contributed by atoms with Gasteiger partial charge in [-0.25, -0.2) is 33.7 Å². The lowest BCUT2D eigenvalue weighted by molar-refractivity contribution is -0.0635. The van der Waals surface area contributed by atoms with Crippen LogP contribution in [0.4, 0.5) is 0 Å². The zero-order valence-electron chi connectivity index (χ0n) is 89.1. The molecule has 12 atom stereocenters. The van der Waals surface area contributed by atoms with Crippen LogP contribution in [-0.4, -0.2) is 277 Å². The summed E-state index contributed by atoms with van der Waals surface area (Å²) in [6, 6.07) is 88.8. The van der Waals surface area contributed by atoms with Crippen LogP contribution < -0.4 is 18.9 Å². The number of hydrogen-bond acceptors (Lipinski definition) is 20. The van der Waals surface area contributed by atoms with Crippen molar-refractivity contribution in [3.63, 3.8) is 0 Å². The van der Waals surface area contributed by atoms with E-state index in [1.54, 1.807) is 96.3 Å². The van der Waals surface area contributed by atoms with E-state index in [4.69, 9.17) is 28.4 Å². The number of sulfonamides is 4. The number of aliphatic hydroxyl groups is 2. The molecule has 12 aromatic carbocycles. The molecule has 24 nitrogen and oxygen atoms in total. The topological polar surface area (TPSA) is 258 Å². The number of aryl methyl sites for hydroxylation is 8. The normalized spacial score (nSPS) is 22.8. The number of benzene rings is 12. The maximum absolute atomic E-state index is 13.8. The number of fused-ring (bicyclic) bond motifs is 4. The molecule has 0 aromatic heterocycles. The second-order valence-electron chi connectivity index (χ2n) is 41.5. The lowest BCUT2D eigenvalue weighted by Crippen LogP contribution is -2.68. The number of hydrogen-bond donors (Lipinski definition) is 2. The van der Waals surface area contributed by atoms with Gasteiger partial charge in [0.15, 0.2) is 0 Å². The van der Waals surface area contributed by atoms with Gasteiger partial charge in [-0.15, -0.1) is 0 Å². The fourth-order valence-electron chi connectivity index (χ4n) is 24.6. The van der Waals surface area contributed by atoms with Crippen molar-refractivity contribution in [2.75, 3.05) is 148 Å². The average Bonchev–Trinajstić information content (AvgIpc) is 0.743. The van der Waals surface area contributed by atoms with Crippen molar-refractivity contribution in [1.82, 2.24) is 36.8 Å². The van der Waals surface area contributed by atoms with Crippen LogP contribution in [0.2, 0.25) is 0 Å². The Labute approximate surface area is 890 Å². The van der Waals surface area contributed by atoms with Crippen molar-refractivity contribution in [3.05, 3.63) is 334 Å². The summed E-state index contributed by atoms with van der Waals surface area (Å²) in [7, 11) is -4.14. The van der Waals surface area contributed by atoms with E-state index >= 15 is 0 Å². The summed E-state index contributed by atoms with van der Waals surface area (Å²) in [4.78, 5) is 11.1. The van der Waals surface area contributed by atoms with Crippen molar-refractivity contribution in [3.8, 4) is 67.5 Å². The molecule has 0 amide bonds. The summed E-state index contributed by atoms with van der Waals surface area (Å²) in [5, 5.41) is 20.6. The maximum Gasteiger partial charge on any atom is 0.243 e. The summed E-state index contributed by atoms with van der Waals surface area (Å²) in [5.74, 6) is 3.91. The third kappa shape index (κ3) is 23.2. The number of rotatable bonds is 26. The fourth-order valence-corrected chi connectivity index (χ4v) is 31.4. The average molecular weight is 2110 g/mol. The van der Waals surface area contributed by atoms with Crippen molar-refractivity contribution in [2.24, 2.45) is 0 Å². The first kappa shape index (κ1) is 110. The summed E-state index contributed by atoms with van der Waals surface area (Å²) in [5.41, 5.74) is 21.4. The largest absolute Gasteiger partial charge is 0.497 e. The molecule has 28 heteroatoms. The number of nitrogens with zero attached hydrogens (tertiary/aromatic N) is 8. The number of ether oxygens (including phenoxy) is 6. The molecular weight excluding hydrogens is 1960 g/mol. The van der Waals surface area contributed by atoms with E-state index in [1.807, 2.05) is 125 Å². The van der Waals surface area contributed by atoms with Crippen LogP contribution >= 0.6 is 0 Å². The zero-order valence-corrected chi connectivity index (χ0v) is 92.4. The van der Waals surface area contributed by atoms with Gasteiger partial charge in [-0.1, -0.05) is 205 Å². The van der Waals surface area contributed by atoms with Crippen LogP contribution in [0.3, 0.4) is 0 Å². The van der Waals surface area contributed by atoms with E-state index in [0.29, 0.717) is 85.2 Å². The predicted octanol–water partition coefficient (Wildman–Crippen LogP) is 19.7. The van der Waals surface area contributed by atoms with Gasteiger partial charge in [0.05, 0.1) is 74.4 Å². The van der Waals surface area contributed by atoms with E-state index in [-0.39, 0.29) is 85.2 Å². The third-order valence-corrected chi connectivity index (χ3v) is 40.6. The Morgan fingerprint density at radius 2 is 0.507 bits per heavy atom. The maximum atomic E-state index is 13.8. The Morgan fingerprint density at radius 3 is 0.747 bits per heavy atom. The highest BCUT2D eigenvalue weighted by molar-refractivity contribution is 7.90. The zero-order chi connectivity index (χ0) is 106. The van der Waals surface area contributed by atoms with Crippen LogP contribution in [-0.2, 0) is 49.6 Å². The second-order valence-corrected chi connectivity index (χ2v) is 49.1. The highest BCUT2D eigenvalue weighted by Crippen LogP contribution is 2.50. The van der Waals surface area contributed by atoms with Crippen LogP contribution in [0.1, 0.15) is 142 Å². The van der Waals surface area contributed by atoms with Crippen molar-refractivity contribution in [2.45, 2.75) is 198 Å². The predicted molar refractivity (Wildman–Crippen MR) is 595 cm³/mol. The Morgan fingerprint density at radius 1 is 0.260 bits per heavy atom. The molecule has 12 aromatic rings. The van der Waals surface area contributed by atoms with Crippen molar-refractivity contribution in [1.29, 1.82) is 0 Å². The molecule has 8 fully saturated rings. The van der Waals surface area contributed by atoms with Gasteiger partial charge in [-0.05, 0) is 295 Å². The van der Waals surface area contributed by atoms with Gasteiger partial charge in [0, 0.05) is 150 Å². The molecule has 4 unspecified atom stereocenters. The van der Waals surface area contributed by atoms with Crippen LogP contribution in [0.5, 0.6) is 23.0 Å². The van der Waals surface area contributed by atoms with Crippen molar-refractivity contribution >= 4 is 40.1 Å². The fraction of sp³-hybridized carbons (Fsp3) is 0.410. The summed E-state index contributed by atoms with van der Waals surface area (Å²) >= 11 is 0. The smallest absolute Gasteiger partial charge is 0.243 e. The van der Waals surface area contributed by atoms with E-state index in [9.17, 15) is 43.9 Å². The monoisotopic (exact) mass is 2110 g/mol. The minimum Gasteiger partial charge on any atom is -0.497 e. The third-order valence-electron chi connectivity index (χ3n) is 32.5. The van der Waals surface area contributed by atoms with Gasteiger partial charge in [0.2, 0.25) is 40.1 Å². The standard InChI is InChI=1S/2C31H38N2O4S.2C30H36N2O4S/c1-22-11-16-29(37-4)26(19-22)24-12-14-25(15-13-24)31-27-20-32(17-7-8-18-33(27)28(31)21-36-3)38(34,35)30-10-6-5-9-23(30)2;1-22-9-5-6-10-30(22)38(34,35)32-17-7-8-18-33-28(20-32)31(29(33)21-36-3)25-13-11-24(12-14-25)27-16-15-26(37-4)19-23(27)2;1-21-10-15-28(36-3)25(18-21)23-11-13-24(14-12-23)30-26-19-31(16-6-7-17-32(26)27(30)20-33)37(34,35)29-9-5-4-8-22(29)2;1-21-8-4-5-9-29(21)37(34,35)31-16-6-7-17-32-27(19-31)30(28(32)20-33)24-12-10-23(11-13-24)26-15-14-25(36-3)18-22(26)2/h5-6,9-16,19,27-28,31H,7-8,17-18,20-21H2,1-4H3;5-6,9-16,19,28-29,31H,7-8,17-18,20-21H2,1-4H3;4-5,8-15,18,26-27,30,33H,6-7,16-17,19-20H2,1-3H3;4-5,8-15,18,27-28,30,33H,6-7,16-17,19-20H2,1-3H3/t27?,28-,31+;28?,29-,31+;26?,27-,30+;27?,28-,30+/m1111/s1. The van der Waals surface area contributed by atoms with Gasteiger partial charge in [-0.2, -0.15) is 17.2 Å². The number of aliphatic hydroxyl groups excluding tert-OH is 2. The highest BCUT2D eigenvalue weighted by Gasteiger charge is 2.55. The molecule has 8 heterocycles. The lowest BCUT2D eigenvalue weighted by Gasteiger charge is -2.57. The lowest BCUT2D eigenvalue weighted by atomic mass is 9.74. The van der Waals surface area contributed by atoms with Gasteiger partial charge >= 0.3 is 0 Å². The van der Waals surface area contributed by atoms with Gasteiger partial charge in [-0.3, -0.25) is 19.6 Å². The molecule has 0 aliphatic carbocycles. The molecule has 8 saturated heterocycles. The van der Waals surface area contributed by atoms with E-state index in [1.165, 1.54) is 33.4 Å². The van der Waals surface area contributed by atoms with Crippen LogP contribution in [0, 0.1) is 55.4 Å². The summed E-state index contributed by atoms with van der Waals surface area (Å²) < 4.78 is 150. The molecule has 150 heavy (non-hydrogen) atoms. The Bertz CT molecular complexity index is 7150. The van der Waals surface area contributed by atoms with Gasteiger partial charge in [0.1, 0.15) is 23.0 Å². The minimum atomic E-state index is -3.61. The molecule has 8 aliphatic rings. The van der Waals surface area contributed by atoms with Crippen LogP contribution in [0.25, 0.3) is 44.5 Å². The quantitative estimate of drug-likeness (QED) is 0.0510. The second kappa shape index (κ2) is 48.6. The molecule has 0 spiro atoms. The Balaban J connectivity index is 0.000000136. The first-order chi connectivity index (χ1) is 72.4.